The quantitative estimate of drug-likeness (QED) is 0.383. The first-order valence-corrected chi connectivity index (χ1v) is 9.13. The summed E-state index contributed by atoms with van der Waals surface area (Å²) >= 11 is 4.90. The molecule has 0 saturated heterocycles. The molecule has 1 amide bonds. The fourth-order valence-corrected chi connectivity index (χ4v) is 2.41. The van der Waals surface area contributed by atoms with E-state index >= 15 is 0 Å². The summed E-state index contributed by atoms with van der Waals surface area (Å²) in [5.74, 6) is -0.840. The van der Waals surface area contributed by atoms with Crippen LogP contribution in [0.5, 0.6) is 11.8 Å². The van der Waals surface area contributed by atoms with Crippen LogP contribution in [0.3, 0.4) is 0 Å². The van der Waals surface area contributed by atoms with Crippen molar-refractivity contribution in [2.45, 2.75) is 0 Å². The molecule has 1 aromatic carbocycles. The molecule has 0 saturated carbocycles. The Morgan fingerprint density at radius 3 is 2.63 bits per heavy atom. The molecule has 1 aromatic heterocycles. The van der Waals surface area contributed by atoms with Gasteiger partial charge in [0.1, 0.15) is 19.2 Å². The second kappa shape index (κ2) is 8.66. The number of carbonyl (C=O) groups excluding carboxylic acids is 1. The normalized spacial score (nSPS) is 11.9. The summed E-state index contributed by atoms with van der Waals surface area (Å²) in [5.41, 5.74) is -0.144. The number of H-pyrrole nitrogens is 1. The lowest BCUT2D eigenvalue weighted by Crippen LogP contribution is -2.43. The van der Waals surface area contributed by atoms with Gasteiger partial charge in [-0.3, -0.25) is 9.78 Å². The van der Waals surface area contributed by atoms with Gasteiger partial charge in [0.25, 0.3) is 5.91 Å². The first-order valence-electron chi connectivity index (χ1n) is 7.29. The summed E-state index contributed by atoms with van der Waals surface area (Å²) in [6, 6.07) is 6.33. The smallest absolute Gasteiger partial charge is 0.303 e. The summed E-state index contributed by atoms with van der Waals surface area (Å²) in [6.07, 6.45) is 1.21. The molecule has 0 unspecified atom stereocenters. The Morgan fingerprint density at radius 1 is 1.30 bits per heavy atom. The third kappa shape index (κ3) is 5.29. The number of hydrogen-bond acceptors (Lipinski definition) is 9. The Kier molecular flexibility index (Phi) is 6.55. The Hall–Kier alpha value is -2.90. The van der Waals surface area contributed by atoms with Crippen molar-refractivity contribution in [2.75, 3.05) is 21.2 Å². The maximum Gasteiger partial charge on any atom is 0.303 e. The van der Waals surface area contributed by atoms with Crippen molar-refractivity contribution >= 4 is 34.0 Å². The van der Waals surface area contributed by atoms with Gasteiger partial charge in [-0.25, -0.2) is 9.71 Å². The van der Waals surface area contributed by atoms with Crippen LogP contribution in [-0.2, 0) is 19.8 Å². The lowest BCUT2D eigenvalue weighted by molar-refractivity contribution is -0.113. The van der Waals surface area contributed by atoms with Crippen molar-refractivity contribution < 1.29 is 22.8 Å². The lowest BCUT2D eigenvalue weighted by atomic mass is 10.1. The minimum Gasteiger partial charge on any atom is -0.425 e. The van der Waals surface area contributed by atoms with Crippen LogP contribution in [0.25, 0.3) is 0 Å². The molecule has 0 aliphatic rings. The van der Waals surface area contributed by atoms with Crippen LogP contribution in [0.4, 0.5) is 0 Å². The monoisotopic (exact) mass is 412 g/mol. The number of ether oxygens (including phenoxy) is 1. The van der Waals surface area contributed by atoms with Gasteiger partial charge in [0.15, 0.2) is 5.71 Å². The standard InChI is InChI=1S/C14H16N6O5S2/c1-20(2)27(22,23)19-12(21)11(18-24-3)9-6-4-5-7-10(9)25-13-15-8-16-14(26)17-13/h4-8H,1-3H3,(H,19,21)(H,15,16,17,26)/b18-11+. The predicted molar refractivity (Wildman–Crippen MR) is 98.0 cm³/mol. The van der Waals surface area contributed by atoms with E-state index in [1.807, 2.05) is 4.72 Å². The van der Waals surface area contributed by atoms with E-state index in [9.17, 15) is 13.2 Å². The number of carbonyl (C=O) groups is 1. The van der Waals surface area contributed by atoms with Gasteiger partial charge in [-0.05, 0) is 24.4 Å². The molecule has 0 radical (unpaired) electrons. The fourth-order valence-electron chi connectivity index (χ4n) is 1.76. The van der Waals surface area contributed by atoms with Gasteiger partial charge in [-0.2, -0.15) is 17.7 Å². The SMILES string of the molecule is CO/N=C(/C(=O)NS(=O)(=O)N(C)C)c1ccccc1Oc1ncnc(=S)[nH]1. The van der Waals surface area contributed by atoms with Gasteiger partial charge in [0.05, 0.1) is 5.56 Å². The van der Waals surface area contributed by atoms with Crippen LogP contribution in [0.15, 0.2) is 35.7 Å². The first kappa shape index (κ1) is 20.4. The number of nitrogens with one attached hydrogen (secondary N) is 2. The van der Waals surface area contributed by atoms with Crippen molar-refractivity contribution in [3.05, 3.63) is 40.9 Å². The number of para-hydroxylation sites is 1. The van der Waals surface area contributed by atoms with Crippen LogP contribution in [0.2, 0.25) is 0 Å². The molecule has 13 heteroatoms. The number of benzene rings is 1. The number of aromatic amines is 1. The van der Waals surface area contributed by atoms with Gasteiger partial charge in [-0.15, -0.1) is 0 Å². The maximum absolute atomic E-state index is 12.5. The summed E-state index contributed by atoms with van der Waals surface area (Å²) in [6.45, 7) is 0. The molecular weight excluding hydrogens is 396 g/mol. The van der Waals surface area contributed by atoms with Gasteiger partial charge in [0, 0.05) is 14.1 Å². The van der Waals surface area contributed by atoms with Crippen molar-refractivity contribution in [1.82, 2.24) is 24.0 Å². The van der Waals surface area contributed by atoms with E-state index in [-0.39, 0.29) is 27.8 Å². The van der Waals surface area contributed by atoms with Crippen molar-refractivity contribution in [3.63, 3.8) is 0 Å². The van der Waals surface area contributed by atoms with Crippen LogP contribution in [0.1, 0.15) is 5.56 Å². The van der Waals surface area contributed by atoms with E-state index in [2.05, 4.69) is 20.1 Å². The van der Waals surface area contributed by atoms with Gasteiger partial charge < -0.3 is 9.57 Å². The summed E-state index contributed by atoms with van der Waals surface area (Å²) in [5, 5.41) is 3.64. The molecule has 0 atom stereocenters. The number of oxime groups is 1. The molecule has 11 nitrogen and oxygen atoms in total. The first-order chi connectivity index (χ1) is 12.7. The van der Waals surface area contributed by atoms with E-state index in [1.165, 1.54) is 39.7 Å². The van der Waals surface area contributed by atoms with Gasteiger partial charge >= 0.3 is 16.2 Å². The average molecular weight is 412 g/mol. The zero-order chi connectivity index (χ0) is 20.0. The highest BCUT2D eigenvalue weighted by molar-refractivity contribution is 7.87. The second-order valence-electron chi connectivity index (χ2n) is 5.05. The summed E-state index contributed by atoms with van der Waals surface area (Å²) in [7, 11) is -0.259. The van der Waals surface area contributed by atoms with Crippen LogP contribution in [-0.4, -0.2) is 60.5 Å². The molecule has 2 rings (SSSR count). The van der Waals surface area contributed by atoms with Crippen LogP contribution in [0, 0.1) is 4.77 Å². The molecule has 0 spiro atoms. The Balaban J connectivity index is 2.42. The lowest BCUT2D eigenvalue weighted by Gasteiger charge is -2.14. The molecular formula is C14H16N6O5S2. The summed E-state index contributed by atoms with van der Waals surface area (Å²) < 4.78 is 32.3. The molecule has 0 aliphatic heterocycles. The van der Waals surface area contributed by atoms with Gasteiger partial charge in [-0.1, -0.05) is 17.3 Å². The number of amides is 1. The molecule has 0 fully saturated rings. The van der Waals surface area contributed by atoms with E-state index < -0.39 is 16.1 Å². The number of hydrogen-bond donors (Lipinski definition) is 2. The Labute approximate surface area is 160 Å². The molecule has 2 N–H and O–H groups in total. The molecule has 0 aliphatic carbocycles. The van der Waals surface area contributed by atoms with Crippen LogP contribution < -0.4 is 9.46 Å². The van der Waals surface area contributed by atoms with E-state index in [4.69, 9.17) is 21.8 Å². The minimum absolute atomic E-state index is 0.0283. The van der Waals surface area contributed by atoms with E-state index in [0.717, 1.165) is 4.31 Å². The molecule has 2 aromatic rings. The third-order valence-electron chi connectivity index (χ3n) is 3.01. The van der Waals surface area contributed by atoms with E-state index in [0.29, 0.717) is 0 Å². The largest absolute Gasteiger partial charge is 0.425 e. The third-order valence-corrected chi connectivity index (χ3v) is 4.62. The minimum atomic E-state index is -4.03. The van der Waals surface area contributed by atoms with Gasteiger partial charge in [0.2, 0.25) is 4.77 Å². The topological polar surface area (TPSA) is 139 Å². The maximum atomic E-state index is 12.5. The van der Waals surface area contributed by atoms with Crippen molar-refractivity contribution in [2.24, 2.45) is 5.16 Å². The highest BCUT2D eigenvalue weighted by atomic mass is 32.2. The average Bonchev–Trinajstić information content (AvgIpc) is 2.60. The van der Waals surface area contributed by atoms with Crippen molar-refractivity contribution in [1.29, 1.82) is 0 Å². The number of nitrogens with zero attached hydrogens (tertiary/aromatic N) is 4. The zero-order valence-corrected chi connectivity index (χ0v) is 16.2. The summed E-state index contributed by atoms with van der Waals surface area (Å²) in [4.78, 5) is 27.4. The zero-order valence-electron chi connectivity index (χ0n) is 14.5. The Bertz CT molecular complexity index is 1020. The fraction of sp³-hybridized carbons (Fsp3) is 0.214. The predicted octanol–water partition coefficient (Wildman–Crippen LogP) is 0.600. The molecule has 1 heterocycles. The van der Waals surface area contributed by atoms with Crippen LogP contribution >= 0.6 is 12.2 Å². The number of rotatable bonds is 7. The molecule has 27 heavy (non-hydrogen) atoms. The molecule has 144 valence electrons. The molecule has 0 bridgehead atoms. The highest BCUT2D eigenvalue weighted by Gasteiger charge is 2.25. The second-order valence-corrected chi connectivity index (χ2v) is 7.32. The van der Waals surface area contributed by atoms with E-state index in [1.54, 1.807) is 12.1 Å². The van der Waals surface area contributed by atoms with Crippen molar-refractivity contribution in [3.8, 4) is 11.8 Å². The highest BCUT2D eigenvalue weighted by Crippen LogP contribution is 2.23. The Morgan fingerprint density at radius 2 is 2.00 bits per heavy atom. The number of aromatic nitrogens is 3.